The van der Waals surface area contributed by atoms with Gasteiger partial charge in [-0.3, -0.25) is 0 Å². The van der Waals surface area contributed by atoms with E-state index in [0.717, 1.165) is 31.0 Å². The van der Waals surface area contributed by atoms with Gasteiger partial charge >= 0.3 is 0 Å². The van der Waals surface area contributed by atoms with Crippen LogP contribution < -0.4 is 21.9 Å². The molecular formula is C16H24ClNO2. The molecule has 0 bridgehead atoms. The third kappa shape index (κ3) is 3.89. The average Bonchev–Trinajstić information content (AvgIpc) is 2.46. The fourth-order valence-electron chi connectivity index (χ4n) is 2.54. The minimum atomic E-state index is 0. The topological polar surface area (TPSA) is 21.5 Å². The second-order valence-corrected chi connectivity index (χ2v) is 5.03. The van der Waals surface area contributed by atoms with Crippen molar-refractivity contribution in [3.8, 4) is 11.5 Å². The van der Waals surface area contributed by atoms with E-state index in [1.54, 1.807) is 14.2 Å². The molecule has 20 heavy (non-hydrogen) atoms. The molecule has 2 rings (SSSR count). The van der Waals surface area contributed by atoms with E-state index in [9.17, 15) is 0 Å². The van der Waals surface area contributed by atoms with E-state index in [0.29, 0.717) is 0 Å². The Hall–Kier alpha value is -1.22. The molecule has 0 aromatic heterocycles. The van der Waals surface area contributed by atoms with Gasteiger partial charge in [0.1, 0.15) is 13.1 Å². The summed E-state index contributed by atoms with van der Waals surface area (Å²) in [5.74, 6) is 1.64. The molecule has 3 nitrogen and oxygen atoms in total. The van der Waals surface area contributed by atoms with Gasteiger partial charge in [-0.2, -0.15) is 0 Å². The normalized spacial score (nSPS) is 13.1. The third-order valence-corrected chi connectivity index (χ3v) is 3.68. The van der Waals surface area contributed by atoms with Crippen molar-refractivity contribution in [3.05, 3.63) is 23.3 Å². The van der Waals surface area contributed by atoms with Crippen LogP contribution in [0.2, 0.25) is 0 Å². The zero-order valence-corrected chi connectivity index (χ0v) is 13.4. The molecule has 1 aliphatic rings. The number of nitrogens with zero attached hydrogens (tertiary/aromatic N) is 1. The molecule has 1 aliphatic heterocycles. The SMILES string of the molecule is CCCCC[N+]1=Cc2cc(OC)c(OC)cc2CC1.[Cl-]. The largest absolute Gasteiger partial charge is 1.00 e. The van der Waals surface area contributed by atoms with Crippen LogP contribution in [0.3, 0.4) is 0 Å². The van der Waals surface area contributed by atoms with Crippen LogP contribution in [0.1, 0.15) is 37.3 Å². The Labute approximate surface area is 128 Å². The Morgan fingerprint density at radius 3 is 2.45 bits per heavy atom. The molecule has 1 aromatic rings. The van der Waals surface area contributed by atoms with Gasteiger partial charge in [0.05, 0.1) is 14.2 Å². The summed E-state index contributed by atoms with van der Waals surface area (Å²) in [6, 6.07) is 4.19. The molecule has 0 saturated carbocycles. The first-order valence-electron chi connectivity index (χ1n) is 7.12. The molecule has 0 atom stereocenters. The molecular weight excluding hydrogens is 274 g/mol. The van der Waals surface area contributed by atoms with Gasteiger partial charge in [-0.05, 0) is 24.1 Å². The maximum Gasteiger partial charge on any atom is 0.171 e. The summed E-state index contributed by atoms with van der Waals surface area (Å²) in [6.45, 7) is 4.50. The van der Waals surface area contributed by atoms with Gasteiger partial charge in [-0.15, -0.1) is 0 Å². The van der Waals surface area contributed by atoms with Gasteiger partial charge in [0.15, 0.2) is 17.7 Å². The first kappa shape index (κ1) is 16.8. The molecule has 0 amide bonds. The maximum absolute atomic E-state index is 5.37. The minimum absolute atomic E-state index is 0. The zero-order chi connectivity index (χ0) is 13.7. The van der Waals surface area contributed by atoms with Gasteiger partial charge in [0.25, 0.3) is 0 Å². The molecule has 0 unspecified atom stereocenters. The Bertz CT molecular complexity index is 472. The van der Waals surface area contributed by atoms with E-state index in [2.05, 4.69) is 29.8 Å². The Morgan fingerprint density at radius 2 is 1.80 bits per heavy atom. The molecule has 0 radical (unpaired) electrons. The van der Waals surface area contributed by atoms with Crippen LogP contribution in [0.25, 0.3) is 0 Å². The number of hydrogen-bond donors (Lipinski definition) is 0. The lowest BCUT2D eigenvalue weighted by molar-refractivity contribution is -0.524. The van der Waals surface area contributed by atoms with E-state index in [1.807, 2.05) is 0 Å². The van der Waals surface area contributed by atoms with E-state index in [4.69, 9.17) is 9.47 Å². The first-order valence-corrected chi connectivity index (χ1v) is 7.12. The van der Waals surface area contributed by atoms with Crippen molar-refractivity contribution in [1.29, 1.82) is 0 Å². The highest BCUT2D eigenvalue weighted by Gasteiger charge is 2.18. The zero-order valence-electron chi connectivity index (χ0n) is 12.6. The van der Waals surface area contributed by atoms with Crippen LogP contribution in [0, 0.1) is 0 Å². The van der Waals surface area contributed by atoms with Crippen LogP contribution in [0.4, 0.5) is 0 Å². The van der Waals surface area contributed by atoms with Crippen molar-refractivity contribution in [2.45, 2.75) is 32.6 Å². The summed E-state index contributed by atoms with van der Waals surface area (Å²) >= 11 is 0. The van der Waals surface area contributed by atoms with Crippen molar-refractivity contribution in [2.75, 3.05) is 27.3 Å². The monoisotopic (exact) mass is 297 g/mol. The fraction of sp³-hybridized carbons (Fsp3) is 0.562. The number of rotatable bonds is 6. The van der Waals surface area contributed by atoms with Crippen LogP contribution in [-0.2, 0) is 6.42 Å². The van der Waals surface area contributed by atoms with Gasteiger partial charge in [0, 0.05) is 18.4 Å². The minimum Gasteiger partial charge on any atom is -1.00 e. The highest BCUT2D eigenvalue weighted by atomic mass is 35.5. The van der Waals surface area contributed by atoms with Crippen molar-refractivity contribution < 1.29 is 26.5 Å². The molecule has 0 aliphatic carbocycles. The summed E-state index contributed by atoms with van der Waals surface area (Å²) < 4.78 is 13.1. The van der Waals surface area contributed by atoms with Crippen molar-refractivity contribution in [2.24, 2.45) is 0 Å². The second kappa shape index (κ2) is 8.15. The summed E-state index contributed by atoms with van der Waals surface area (Å²) in [7, 11) is 3.37. The molecule has 1 aromatic carbocycles. The van der Waals surface area contributed by atoms with Gasteiger partial charge in [-0.1, -0.05) is 13.3 Å². The fourth-order valence-corrected chi connectivity index (χ4v) is 2.54. The number of hydrogen-bond acceptors (Lipinski definition) is 2. The summed E-state index contributed by atoms with van der Waals surface area (Å²) in [6.07, 6.45) is 7.20. The lowest BCUT2D eigenvalue weighted by atomic mass is 10.0. The van der Waals surface area contributed by atoms with Gasteiger partial charge < -0.3 is 21.9 Å². The molecule has 1 heterocycles. The molecule has 0 saturated heterocycles. The lowest BCUT2D eigenvalue weighted by Crippen LogP contribution is -3.00. The van der Waals surface area contributed by atoms with Crippen molar-refractivity contribution in [1.82, 2.24) is 0 Å². The Kier molecular flexibility index (Phi) is 6.86. The molecule has 0 spiro atoms. The van der Waals surface area contributed by atoms with Crippen LogP contribution >= 0.6 is 0 Å². The predicted molar refractivity (Wildman–Crippen MR) is 77.9 cm³/mol. The number of ether oxygens (including phenoxy) is 2. The summed E-state index contributed by atoms with van der Waals surface area (Å²) in [5.41, 5.74) is 2.62. The number of methoxy groups -OCH3 is 2. The smallest absolute Gasteiger partial charge is 0.171 e. The Balaban J connectivity index is 0.00000200. The predicted octanol–water partition coefficient (Wildman–Crippen LogP) is -0.114. The van der Waals surface area contributed by atoms with Gasteiger partial charge in [-0.25, -0.2) is 4.58 Å². The van der Waals surface area contributed by atoms with Crippen molar-refractivity contribution >= 4 is 6.21 Å². The first-order chi connectivity index (χ1) is 9.28. The van der Waals surface area contributed by atoms with Crippen LogP contribution in [-0.4, -0.2) is 38.1 Å². The average molecular weight is 298 g/mol. The van der Waals surface area contributed by atoms with Gasteiger partial charge in [0.2, 0.25) is 0 Å². The number of benzene rings is 1. The molecule has 0 fully saturated rings. The maximum atomic E-state index is 5.37. The molecule has 4 heteroatoms. The highest BCUT2D eigenvalue weighted by molar-refractivity contribution is 5.80. The number of unbranched alkanes of at least 4 members (excludes halogenated alkanes) is 2. The van der Waals surface area contributed by atoms with E-state index >= 15 is 0 Å². The van der Waals surface area contributed by atoms with E-state index in [1.165, 1.54) is 30.4 Å². The molecule has 112 valence electrons. The molecule has 0 N–H and O–H groups in total. The number of halogens is 1. The summed E-state index contributed by atoms with van der Waals surface area (Å²) in [5, 5.41) is 0. The van der Waals surface area contributed by atoms with E-state index < -0.39 is 0 Å². The third-order valence-electron chi connectivity index (χ3n) is 3.68. The number of fused-ring (bicyclic) bond motifs is 1. The van der Waals surface area contributed by atoms with Crippen molar-refractivity contribution in [3.63, 3.8) is 0 Å². The standard InChI is InChI=1S/C16H24NO2.ClH/c1-4-5-6-8-17-9-7-13-10-15(18-2)16(19-3)11-14(13)12-17;/h10-12H,4-9H2,1-3H3;1H/q+1;/p-1. The van der Waals surface area contributed by atoms with Crippen LogP contribution in [0.5, 0.6) is 11.5 Å². The second-order valence-electron chi connectivity index (χ2n) is 5.03. The van der Waals surface area contributed by atoms with Crippen LogP contribution in [0.15, 0.2) is 12.1 Å². The lowest BCUT2D eigenvalue weighted by Gasteiger charge is -2.16. The highest BCUT2D eigenvalue weighted by Crippen LogP contribution is 2.31. The quantitative estimate of drug-likeness (QED) is 0.540. The Morgan fingerprint density at radius 1 is 1.10 bits per heavy atom. The summed E-state index contributed by atoms with van der Waals surface area (Å²) in [4.78, 5) is 0. The van der Waals surface area contributed by atoms with E-state index in [-0.39, 0.29) is 12.4 Å².